The number of thioether (sulfide) groups is 1. The summed E-state index contributed by atoms with van der Waals surface area (Å²) in [4.78, 5) is 12.8. The van der Waals surface area contributed by atoms with Crippen molar-refractivity contribution in [1.82, 2.24) is 5.32 Å². The van der Waals surface area contributed by atoms with Gasteiger partial charge in [0.2, 0.25) is 5.91 Å². The van der Waals surface area contributed by atoms with Crippen LogP contribution in [0.2, 0.25) is 0 Å². The van der Waals surface area contributed by atoms with Gasteiger partial charge in [-0.2, -0.15) is 0 Å². The van der Waals surface area contributed by atoms with Crippen LogP contribution < -0.4 is 11.1 Å². The van der Waals surface area contributed by atoms with Crippen LogP contribution in [0.25, 0.3) is 0 Å². The topological polar surface area (TPSA) is 55.1 Å². The summed E-state index contributed by atoms with van der Waals surface area (Å²) < 4.78 is 13.3. The second-order valence-corrected chi connectivity index (χ2v) is 5.47. The largest absolute Gasteiger partial charge is 0.349 e. The van der Waals surface area contributed by atoms with Gasteiger partial charge in [0.1, 0.15) is 5.82 Å². The van der Waals surface area contributed by atoms with Crippen molar-refractivity contribution in [3.63, 3.8) is 0 Å². The molecule has 1 aliphatic rings. The highest BCUT2D eigenvalue weighted by Gasteiger charge is 2.22. The van der Waals surface area contributed by atoms with Gasteiger partial charge in [-0.1, -0.05) is 0 Å². The van der Waals surface area contributed by atoms with Crippen molar-refractivity contribution in [2.75, 3.05) is 12.3 Å². The van der Waals surface area contributed by atoms with Gasteiger partial charge in [0.05, 0.1) is 6.04 Å². The number of nitrogens with two attached hydrogens (primary N) is 1. The molecule has 18 heavy (non-hydrogen) atoms. The van der Waals surface area contributed by atoms with E-state index < -0.39 is 0 Å². The highest BCUT2D eigenvalue weighted by molar-refractivity contribution is 7.99. The molecule has 1 aliphatic heterocycles. The van der Waals surface area contributed by atoms with Gasteiger partial charge in [0, 0.05) is 17.1 Å². The minimum absolute atomic E-state index is 0.00689. The third-order valence-corrected chi connectivity index (χ3v) is 4.08. The van der Waals surface area contributed by atoms with Crippen molar-refractivity contribution in [1.29, 1.82) is 0 Å². The lowest BCUT2D eigenvalue weighted by Gasteiger charge is -2.26. The Kier molecular flexibility index (Phi) is 4.60. The Morgan fingerprint density at radius 1 is 1.56 bits per heavy atom. The number of hydrogen-bond acceptors (Lipinski definition) is 3. The predicted molar refractivity (Wildman–Crippen MR) is 70.9 cm³/mol. The van der Waals surface area contributed by atoms with Crippen molar-refractivity contribution in [3.8, 4) is 0 Å². The van der Waals surface area contributed by atoms with E-state index in [1.54, 1.807) is 17.8 Å². The maximum absolute atomic E-state index is 13.3. The van der Waals surface area contributed by atoms with E-state index in [1.807, 2.05) is 0 Å². The van der Waals surface area contributed by atoms with Crippen molar-refractivity contribution >= 4 is 17.7 Å². The molecule has 1 aromatic rings. The molecular weight excluding hydrogens is 251 g/mol. The van der Waals surface area contributed by atoms with E-state index in [-0.39, 0.29) is 17.8 Å². The molecule has 3 N–H and O–H groups in total. The van der Waals surface area contributed by atoms with Gasteiger partial charge in [-0.3, -0.25) is 4.79 Å². The average Bonchev–Trinajstić information content (AvgIpc) is 2.37. The highest BCUT2D eigenvalue weighted by atomic mass is 32.2. The van der Waals surface area contributed by atoms with Crippen molar-refractivity contribution in [2.45, 2.75) is 30.2 Å². The standard InChI is InChI=1S/C13H17FN2OS/c14-9-3-4-12-10(8-9)11(5-7-18-12)16-13(17)2-1-6-15/h3-4,8,11H,1-2,5-7,15H2,(H,16,17). The van der Waals surface area contributed by atoms with Crippen molar-refractivity contribution in [2.24, 2.45) is 5.73 Å². The Balaban J connectivity index is 2.07. The van der Waals surface area contributed by atoms with Crippen LogP contribution in [0.3, 0.4) is 0 Å². The number of carbonyl (C=O) groups excluding carboxylic acids is 1. The Morgan fingerprint density at radius 3 is 3.17 bits per heavy atom. The van der Waals surface area contributed by atoms with Crippen LogP contribution in [0.1, 0.15) is 30.9 Å². The normalized spacial score (nSPS) is 18.2. The van der Waals surface area contributed by atoms with Gasteiger partial charge in [0.15, 0.2) is 0 Å². The summed E-state index contributed by atoms with van der Waals surface area (Å²) in [7, 11) is 0. The highest BCUT2D eigenvalue weighted by Crippen LogP contribution is 2.36. The summed E-state index contributed by atoms with van der Waals surface area (Å²) in [5.41, 5.74) is 6.27. The zero-order chi connectivity index (χ0) is 13.0. The zero-order valence-corrected chi connectivity index (χ0v) is 10.9. The SMILES string of the molecule is NCCCC(=O)NC1CCSc2ccc(F)cc21. The third-order valence-electron chi connectivity index (χ3n) is 2.95. The van der Waals surface area contributed by atoms with Crippen LogP contribution in [0.5, 0.6) is 0 Å². The van der Waals surface area contributed by atoms with Gasteiger partial charge < -0.3 is 11.1 Å². The van der Waals surface area contributed by atoms with Gasteiger partial charge in [-0.15, -0.1) is 11.8 Å². The van der Waals surface area contributed by atoms with Crippen LogP contribution in [0.4, 0.5) is 4.39 Å². The van der Waals surface area contributed by atoms with Crippen molar-refractivity contribution in [3.05, 3.63) is 29.6 Å². The Hall–Kier alpha value is -1.07. The maximum Gasteiger partial charge on any atom is 0.220 e. The fourth-order valence-electron chi connectivity index (χ4n) is 2.04. The average molecular weight is 268 g/mol. The number of amides is 1. The first-order chi connectivity index (χ1) is 8.70. The summed E-state index contributed by atoms with van der Waals surface area (Å²) in [6.07, 6.45) is 1.96. The van der Waals surface area contributed by atoms with Crippen LogP contribution in [0.15, 0.2) is 23.1 Å². The molecule has 98 valence electrons. The summed E-state index contributed by atoms with van der Waals surface area (Å²) in [5, 5.41) is 2.96. The molecule has 0 saturated carbocycles. The number of hydrogen-bond donors (Lipinski definition) is 2. The van der Waals surface area contributed by atoms with E-state index >= 15 is 0 Å². The first-order valence-electron chi connectivity index (χ1n) is 6.12. The number of fused-ring (bicyclic) bond motifs is 1. The molecule has 1 unspecified atom stereocenters. The Labute approximate surface area is 110 Å². The number of carbonyl (C=O) groups is 1. The fourth-order valence-corrected chi connectivity index (χ4v) is 3.15. The van der Waals surface area contributed by atoms with E-state index in [0.29, 0.717) is 19.4 Å². The molecule has 1 atom stereocenters. The molecule has 0 spiro atoms. The van der Waals surface area contributed by atoms with E-state index in [9.17, 15) is 9.18 Å². The Bertz CT molecular complexity index is 439. The number of rotatable bonds is 4. The molecule has 1 aromatic carbocycles. The first kappa shape index (κ1) is 13.4. The lowest BCUT2D eigenvalue weighted by atomic mass is 10.0. The zero-order valence-electron chi connectivity index (χ0n) is 10.1. The lowest BCUT2D eigenvalue weighted by Crippen LogP contribution is -2.30. The van der Waals surface area contributed by atoms with Crippen molar-refractivity contribution < 1.29 is 9.18 Å². The molecule has 0 aromatic heterocycles. The molecule has 5 heteroatoms. The maximum atomic E-state index is 13.3. The van der Waals surface area contributed by atoms with E-state index in [2.05, 4.69) is 5.32 Å². The monoisotopic (exact) mass is 268 g/mol. The third kappa shape index (κ3) is 3.23. The molecule has 0 fully saturated rings. The molecule has 0 saturated heterocycles. The fraction of sp³-hybridized carbons (Fsp3) is 0.462. The number of benzene rings is 1. The minimum Gasteiger partial charge on any atom is -0.349 e. The summed E-state index contributed by atoms with van der Waals surface area (Å²) in [5.74, 6) is 0.686. The molecule has 1 amide bonds. The Morgan fingerprint density at radius 2 is 2.39 bits per heavy atom. The number of nitrogens with one attached hydrogen (secondary N) is 1. The van der Waals surface area contributed by atoms with Gasteiger partial charge in [0.25, 0.3) is 0 Å². The molecule has 0 aliphatic carbocycles. The van der Waals surface area contributed by atoms with Crippen LogP contribution >= 0.6 is 11.8 Å². The molecular formula is C13H17FN2OS. The van der Waals surface area contributed by atoms with Crippen LogP contribution in [-0.4, -0.2) is 18.2 Å². The molecule has 0 radical (unpaired) electrons. The predicted octanol–water partition coefficient (Wildman–Crippen LogP) is 2.22. The quantitative estimate of drug-likeness (QED) is 0.880. The first-order valence-corrected chi connectivity index (χ1v) is 7.11. The molecule has 3 nitrogen and oxygen atoms in total. The second kappa shape index (κ2) is 6.20. The second-order valence-electron chi connectivity index (χ2n) is 4.33. The van der Waals surface area contributed by atoms with E-state index in [1.165, 1.54) is 12.1 Å². The smallest absolute Gasteiger partial charge is 0.220 e. The summed E-state index contributed by atoms with van der Waals surface area (Å²) in [6.45, 7) is 0.513. The van der Waals surface area contributed by atoms with Crippen LogP contribution in [-0.2, 0) is 4.79 Å². The van der Waals surface area contributed by atoms with Crippen LogP contribution in [0, 0.1) is 5.82 Å². The van der Waals surface area contributed by atoms with E-state index in [4.69, 9.17) is 5.73 Å². The van der Waals surface area contributed by atoms with Gasteiger partial charge in [-0.25, -0.2) is 4.39 Å². The molecule has 0 bridgehead atoms. The number of halogens is 1. The summed E-state index contributed by atoms with van der Waals surface area (Å²) >= 11 is 1.71. The minimum atomic E-state index is -0.252. The van der Waals surface area contributed by atoms with Gasteiger partial charge >= 0.3 is 0 Å². The van der Waals surface area contributed by atoms with Gasteiger partial charge in [-0.05, 0) is 43.1 Å². The molecule has 1 heterocycles. The lowest BCUT2D eigenvalue weighted by molar-refractivity contribution is -0.121. The summed E-state index contributed by atoms with van der Waals surface area (Å²) in [6, 6.07) is 4.70. The molecule has 2 rings (SSSR count). The van der Waals surface area contributed by atoms with E-state index in [0.717, 1.165) is 22.6 Å².